The summed E-state index contributed by atoms with van der Waals surface area (Å²) in [5, 5.41) is 37.0. The van der Waals surface area contributed by atoms with Crippen LogP contribution in [0.5, 0.6) is 5.75 Å². The van der Waals surface area contributed by atoms with E-state index in [-0.39, 0.29) is 24.2 Å². The predicted octanol–water partition coefficient (Wildman–Crippen LogP) is 1.03. The number of aliphatic hydroxyl groups is 2. The van der Waals surface area contributed by atoms with E-state index in [2.05, 4.69) is 15.3 Å². The smallest absolute Gasteiger partial charge is 0.342 e. The van der Waals surface area contributed by atoms with Crippen molar-refractivity contribution in [3.63, 3.8) is 0 Å². The lowest BCUT2D eigenvalue weighted by Crippen LogP contribution is -2.30. The lowest BCUT2D eigenvalue weighted by atomic mass is 10.00. The molecule has 1 aromatic rings. The van der Waals surface area contributed by atoms with Gasteiger partial charge in [-0.15, -0.1) is 0 Å². The number of ether oxygens (including phenoxy) is 2. The number of esters is 1. The molecule has 0 bridgehead atoms. The summed E-state index contributed by atoms with van der Waals surface area (Å²) in [6.07, 6.45) is 6.20. The summed E-state index contributed by atoms with van der Waals surface area (Å²) < 4.78 is 11.0. The van der Waals surface area contributed by atoms with Crippen LogP contribution in [0, 0.1) is 0 Å². The van der Waals surface area contributed by atoms with Crippen molar-refractivity contribution in [3.05, 3.63) is 59.8 Å². The zero-order chi connectivity index (χ0) is 23.8. The van der Waals surface area contributed by atoms with Gasteiger partial charge in [0.15, 0.2) is 0 Å². The molecule has 1 saturated heterocycles. The normalized spacial score (nSPS) is 28.5. The largest absolute Gasteiger partial charge is 0.507 e. The first kappa shape index (κ1) is 24.2. The molecule has 3 rings (SSSR count). The van der Waals surface area contributed by atoms with E-state index >= 15 is 0 Å². The Morgan fingerprint density at radius 3 is 2.94 bits per heavy atom. The van der Waals surface area contributed by atoms with Crippen molar-refractivity contribution in [1.82, 2.24) is 5.32 Å². The summed E-state index contributed by atoms with van der Waals surface area (Å²) in [7, 11) is 1.38. The van der Waals surface area contributed by atoms with Crippen molar-refractivity contribution >= 4 is 24.2 Å². The first-order valence-electron chi connectivity index (χ1n) is 10.3. The van der Waals surface area contributed by atoms with Crippen molar-refractivity contribution in [1.29, 1.82) is 0 Å². The molecular weight excluding hydrogens is 432 g/mol. The van der Waals surface area contributed by atoms with Crippen molar-refractivity contribution in [2.24, 2.45) is 5.16 Å². The van der Waals surface area contributed by atoms with Crippen LogP contribution in [0.25, 0.3) is 6.08 Å². The Balaban J connectivity index is 1.72. The second-order valence-electron chi connectivity index (χ2n) is 7.43. The fraction of sp³-hybridized carbons (Fsp3) is 0.348. The molecule has 4 N–H and O–H groups in total. The van der Waals surface area contributed by atoms with Gasteiger partial charge < -0.3 is 34.9 Å². The zero-order valence-corrected chi connectivity index (χ0v) is 17.9. The monoisotopic (exact) mass is 458 g/mol. The molecule has 10 nitrogen and oxygen atoms in total. The second kappa shape index (κ2) is 11.4. The third-order valence-electron chi connectivity index (χ3n) is 5.05. The van der Waals surface area contributed by atoms with Gasteiger partial charge in [0.2, 0.25) is 5.91 Å². The first-order valence-corrected chi connectivity index (χ1v) is 10.3. The van der Waals surface area contributed by atoms with Gasteiger partial charge in [-0.05, 0) is 17.7 Å². The fourth-order valence-electron chi connectivity index (χ4n) is 3.39. The Labute approximate surface area is 190 Å². The summed E-state index contributed by atoms with van der Waals surface area (Å²) in [5.41, 5.74) is 0.331. The minimum Gasteiger partial charge on any atom is -0.507 e. The predicted molar refractivity (Wildman–Crippen MR) is 118 cm³/mol. The number of phenolic OH excluding ortho intramolecular Hbond substituents is 1. The van der Waals surface area contributed by atoms with Crippen LogP contribution < -0.4 is 5.32 Å². The molecule has 2 aliphatic rings. The van der Waals surface area contributed by atoms with E-state index in [0.717, 1.165) is 0 Å². The molecule has 0 aromatic heterocycles. The number of carbonyl (C=O) groups excluding carboxylic acids is 2. The van der Waals surface area contributed by atoms with E-state index in [0.29, 0.717) is 5.56 Å². The Hall–Kier alpha value is -3.47. The van der Waals surface area contributed by atoms with Gasteiger partial charge >= 0.3 is 5.97 Å². The minimum atomic E-state index is -0.981. The summed E-state index contributed by atoms with van der Waals surface area (Å²) in [6, 6.07) is 4.55. The molecule has 2 aliphatic heterocycles. The van der Waals surface area contributed by atoms with Gasteiger partial charge in [-0.25, -0.2) is 4.79 Å². The van der Waals surface area contributed by atoms with E-state index in [4.69, 9.17) is 9.47 Å². The van der Waals surface area contributed by atoms with Crippen LogP contribution in [0.15, 0.2) is 53.9 Å². The van der Waals surface area contributed by atoms with Crippen LogP contribution >= 0.6 is 0 Å². The number of nitrogens with one attached hydrogen (secondary N) is 1. The topological polar surface area (TPSA) is 150 Å². The molecule has 0 saturated carbocycles. The SMILES string of the molecule is CO/N=C/C=C\C(=O)N/C=C/C[C@H]1C[C@@H](O)[C@@H]2O[C@@H]2[C@@H](O)/C=C/c2cccc(O)c2C(=O)O1. The highest BCUT2D eigenvalue weighted by Crippen LogP contribution is 2.33. The maximum absolute atomic E-state index is 12.8. The number of nitrogens with zero attached hydrogens (tertiary/aromatic N) is 1. The molecular formula is C23H26N2O8. The van der Waals surface area contributed by atoms with E-state index in [1.807, 2.05) is 0 Å². The van der Waals surface area contributed by atoms with E-state index in [1.165, 1.54) is 49.9 Å². The number of epoxide rings is 1. The van der Waals surface area contributed by atoms with Gasteiger partial charge in [-0.2, -0.15) is 0 Å². The highest BCUT2D eigenvalue weighted by molar-refractivity contribution is 5.96. The molecule has 0 radical (unpaired) electrons. The Kier molecular flexibility index (Phi) is 8.36. The summed E-state index contributed by atoms with van der Waals surface area (Å²) in [5.74, 6) is -1.44. The molecule has 0 aliphatic carbocycles. The van der Waals surface area contributed by atoms with Crippen molar-refractivity contribution in [3.8, 4) is 5.75 Å². The Bertz CT molecular complexity index is 971. The van der Waals surface area contributed by atoms with Gasteiger partial charge in [-0.1, -0.05) is 35.5 Å². The zero-order valence-electron chi connectivity index (χ0n) is 17.9. The number of benzene rings is 1. The quantitative estimate of drug-likeness (QED) is 0.162. The number of carbonyl (C=O) groups is 2. The first-order chi connectivity index (χ1) is 15.9. The molecule has 1 amide bonds. The number of aliphatic hydroxyl groups excluding tert-OH is 2. The second-order valence-corrected chi connectivity index (χ2v) is 7.43. The minimum absolute atomic E-state index is 0.0396. The number of fused-ring (bicyclic) bond motifs is 2. The lowest BCUT2D eigenvalue weighted by Gasteiger charge is -2.20. The highest BCUT2D eigenvalue weighted by atomic mass is 16.6. The van der Waals surface area contributed by atoms with Crippen molar-refractivity contribution in [2.75, 3.05) is 7.11 Å². The van der Waals surface area contributed by atoms with Gasteiger partial charge in [-0.3, -0.25) is 4.79 Å². The molecule has 1 aromatic carbocycles. The number of cyclic esters (lactones) is 1. The Morgan fingerprint density at radius 1 is 1.33 bits per heavy atom. The average Bonchev–Trinajstić information content (AvgIpc) is 3.58. The molecule has 1 fully saturated rings. The molecule has 0 unspecified atom stereocenters. The molecule has 176 valence electrons. The maximum atomic E-state index is 12.8. The number of oxime groups is 1. The molecule has 0 spiro atoms. The molecule has 33 heavy (non-hydrogen) atoms. The number of aromatic hydroxyl groups is 1. The molecule has 10 heteroatoms. The summed E-state index contributed by atoms with van der Waals surface area (Å²) >= 11 is 0. The summed E-state index contributed by atoms with van der Waals surface area (Å²) in [6.45, 7) is 0. The number of allylic oxidation sites excluding steroid dienone is 1. The van der Waals surface area contributed by atoms with Gasteiger partial charge in [0.25, 0.3) is 0 Å². The highest BCUT2D eigenvalue weighted by Gasteiger charge is 2.48. The third-order valence-corrected chi connectivity index (χ3v) is 5.05. The third kappa shape index (κ3) is 6.75. The molecule has 5 atom stereocenters. The number of rotatable bonds is 6. The van der Waals surface area contributed by atoms with Crippen LogP contribution in [0.2, 0.25) is 0 Å². The van der Waals surface area contributed by atoms with Crippen LogP contribution in [0.4, 0.5) is 0 Å². The fourth-order valence-corrected chi connectivity index (χ4v) is 3.39. The van der Waals surface area contributed by atoms with Gasteiger partial charge in [0.1, 0.15) is 42.8 Å². The number of phenols is 1. The lowest BCUT2D eigenvalue weighted by molar-refractivity contribution is -0.115. The van der Waals surface area contributed by atoms with E-state index in [1.54, 1.807) is 18.2 Å². The Morgan fingerprint density at radius 2 is 2.15 bits per heavy atom. The van der Waals surface area contributed by atoms with Gasteiger partial charge in [0.05, 0.1) is 12.3 Å². The standard InChI is InChI=1S/C23H26N2O8/c1-31-25-12-4-8-19(29)24-11-3-6-15-13-18(28)22-21(33-22)17(27)10-9-14-5-2-7-16(26)20(14)23(30)32-15/h2-5,7-12,15,17-18,21-22,26-28H,6,13H2,1H3,(H,24,29)/b8-4-,10-9+,11-3+,25-12+/t15-,17-,18+,21+,22-/m0/s1. The maximum Gasteiger partial charge on any atom is 0.342 e. The van der Waals surface area contributed by atoms with Crippen molar-refractivity contribution < 1.29 is 39.2 Å². The van der Waals surface area contributed by atoms with Crippen LogP contribution in [0.3, 0.4) is 0 Å². The van der Waals surface area contributed by atoms with Gasteiger partial charge in [0, 0.05) is 25.1 Å². The van der Waals surface area contributed by atoms with E-state index in [9.17, 15) is 24.9 Å². The van der Waals surface area contributed by atoms with E-state index < -0.39 is 42.4 Å². The number of amides is 1. The van der Waals surface area contributed by atoms with Crippen LogP contribution in [-0.4, -0.2) is 71.0 Å². The van der Waals surface area contributed by atoms with Crippen molar-refractivity contribution in [2.45, 2.75) is 43.4 Å². The number of hydrogen-bond acceptors (Lipinski definition) is 9. The average molecular weight is 458 g/mol. The van der Waals surface area contributed by atoms with Crippen LogP contribution in [-0.2, 0) is 19.1 Å². The number of hydrogen-bond donors (Lipinski definition) is 4. The molecule has 2 heterocycles. The summed E-state index contributed by atoms with van der Waals surface area (Å²) in [4.78, 5) is 29.0. The van der Waals surface area contributed by atoms with Crippen LogP contribution in [0.1, 0.15) is 28.8 Å².